The second kappa shape index (κ2) is 5.84. The first kappa shape index (κ1) is 14.2. The van der Waals surface area contributed by atoms with E-state index < -0.39 is 4.92 Å². The smallest absolute Gasteiger partial charge is 0.328 e. The van der Waals surface area contributed by atoms with E-state index in [-0.39, 0.29) is 29.1 Å². The average Bonchev–Trinajstić information content (AvgIpc) is 2.40. The lowest BCUT2D eigenvalue weighted by Crippen LogP contribution is -2.37. The fraction of sp³-hybridized carbons (Fsp3) is 0.538. The lowest BCUT2D eigenvalue weighted by Gasteiger charge is -2.41. The Morgan fingerprint density at radius 2 is 2.35 bits per heavy atom. The number of pyridine rings is 1. The van der Waals surface area contributed by atoms with Crippen molar-refractivity contribution in [2.24, 2.45) is 5.41 Å². The van der Waals surface area contributed by atoms with Crippen molar-refractivity contribution in [3.05, 3.63) is 27.9 Å². The van der Waals surface area contributed by atoms with Gasteiger partial charge in [-0.05, 0) is 30.7 Å². The van der Waals surface area contributed by atoms with Crippen LogP contribution in [0.1, 0.15) is 31.2 Å². The van der Waals surface area contributed by atoms with Crippen LogP contribution < -0.4 is 5.32 Å². The topological polar surface area (TPSA) is 112 Å². The molecule has 0 radical (unpaired) electrons. The fourth-order valence-electron chi connectivity index (χ4n) is 2.56. The number of hydrogen-bond acceptors (Lipinski definition) is 6. The van der Waals surface area contributed by atoms with Gasteiger partial charge in [0.25, 0.3) is 0 Å². The highest BCUT2D eigenvalue weighted by Crippen LogP contribution is 2.44. The third-order valence-corrected chi connectivity index (χ3v) is 3.91. The Labute approximate surface area is 116 Å². The number of nitrogens with one attached hydrogen (secondary N) is 1. The number of nitrogens with zero attached hydrogens (tertiary/aromatic N) is 3. The van der Waals surface area contributed by atoms with Gasteiger partial charge in [0, 0.05) is 19.3 Å². The fourth-order valence-corrected chi connectivity index (χ4v) is 2.56. The summed E-state index contributed by atoms with van der Waals surface area (Å²) in [6, 6.07) is 3.14. The van der Waals surface area contributed by atoms with Crippen LogP contribution in [0.4, 0.5) is 11.5 Å². The number of nitro groups is 1. The molecule has 1 aromatic rings. The number of aliphatic hydroxyl groups is 1. The van der Waals surface area contributed by atoms with E-state index in [4.69, 9.17) is 10.4 Å². The number of anilines is 1. The second-order valence-electron chi connectivity index (χ2n) is 5.11. The Kier molecular flexibility index (Phi) is 4.15. The summed E-state index contributed by atoms with van der Waals surface area (Å²) in [6.07, 6.45) is 5.15. The molecule has 7 heteroatoms. The van der Waals surface area contributed by atoms with Gasteiger partial charge in [0.15, 0.2) is 0 Å². The molecule has 0 amide bonds. The predicted octanol–water partition coefficient (Wildman–Crippen LogP) is 1.83. The van der Waals surface area contributed by atoms with Gasteiger partial charge in [-0.2, -0.15) is 5.26 Å². The summed E-state index contributed by atoms with van der Waals surface area (Å²) < 4.78 is 0. The van der Waals surface area contributed by atoms with Crippen LogP contribution >= 0.6 is 0 Å². The summed E-state index contributed by atoms with van der Waals surface area (Å²) in [5.41, 5.74) is -0.293. The van der Waals surface area contributed by atoms with Crippen LogP contribution in [-0.2, 0) is 0 Å². The standard InChI is InChI=1S/C13H16N4O3/c14-8-10-2-6-15-12(11(10)17(19)20)16-9-13(5-7-18)3-1-4-13/h2,6,18H,1,3-5,7,9H2,(H,15,16). The molecule has 0 aromatic carbocycles. The SMILES string of the molecule is N#Cc1ccnc(NCC2(CCO)CCC2)c1[N+](=O)[O-]. The van der Waals surface area contributed by atoms with Crippen LogP contribution in [0.3, 0.4) is 0 Å². The van der Waals surface area contributed by atoms with E-state index in [0.29, 0.717) is 13.0 Å². The molecule has 1 heterocycles. The van der Waals surface area contributed by atoms with E-state index in [1.807, 2.05) is 0 Å². The van der Waals surface area contributed by atoms with Crippen molar-refractivity contribution in [1.82, 2.24) is 4.98 Å². The zero-order valence-electron chi connectivity index (χ0n) is 11.0. The first-order chi connectivity index (χ1) is 9.62. The maximum atomic E-state index is 11.1. The first-order valence-corrected chi connectivity index (χ1v) is 6.50. The minimum Gasteiger partial charge on any atom is -0.396 e. The van der Waals surface area contributed by atoms with Crippen molar-refractivity contribution in [3.63, 3.8) is 0 Å². The molecule has 1 aliphatic rings. The zero-order valence-corrected chi connectivity index (χ0v) is 11.0. The molecular weight excluding hydrogens is 260 g/mol. The molecule has 106 valence electrons. The van der Waals surface area contributed by atoms with E-state index >= 15 is 0 Å². The Balaban J connectivity index is 2.17. The number of aromatic nitrogens is 1. The number of nitriles is 1. The van der Waals surface area contributed by atoms with Crippen LogP contribution in [0.2, 0.25) is 0 Å². The summed E-state index contributed by atoms with van der Waals surface area (Å²) >= 11 is 0. The highest BCUT2D eigenvalue weighted by molar-refractivity contribution is 5.64. The van der Waals surface area contributed by atoms with Crippen LogP contribution in [0.25, 0.3) is 0 Å². The van der Waals surface area contributed by atoms with Gasteiger partial charge in [0.1, 0.15) is 11.6 Å². The van der Waals surface area contributed by atoms with E-state index in [9.17, 15) is 10.1 Å². The molecule has 1 fully saturated rings. The molecule has 1 aromatic heterocycles. The third kappa shape index (κ3) is 2.70. The van der Waals surface area contributed by atoms with Gasteiger partial charge in [-0.1, -0.05) is 6.42 Å². The van der Waals surface area contributed by atoms with Gasteiger partial charge in [-0.3, -0.25) is 10.1 Å². The summed E-state index contributed by atoms with van der Waals surface area (Å²) in [6.45, 7) is 0.631. The van der Waals surface area contributed by atoms with Gasteiger partial charge in [0.2, 0.25) is 5.82 Å². The Hall–Kier alpha value is -2.20. The Bertz CT molecular complexity index is 549. The van der Waals surface area contributed by atoms with Gasteiger partial charge in [-0.15, -0.1) is 0 Å². The molecule has 0 aliphatic heterocycles. The maximum Gasteiger partial charge on any atom is 0.328 e. The largest absolute Gasteiger partial charge is 0.396 e. The summed E-state index contributed by atoms with van der Waals surface area (Å²) in [5, 5.41) is 32.1. The molecule has 2 N–H and O–H groups in total. The van der Waals surface area contributed by atoms with Gasteiger partial charge in [0.05, 0.1) is 4.92 Å². The van der Waals surface area contributed by atoms with Crippen LogP contribution in [-0.4, -0.2) is 28.2 Å². The molecule has 0 saturated heterocycles. The highest BCUT2D eigenvalue weighted by Gasteiger charge is 2.36. The highest BCUT2D eigenvalue weighted by atomic mass is 16.6. The predicted molar refractivity (Wildman–Crippen MR) is 72.1 cm³/mol. The Morgan fingerprint density at radius 3 is 2.85 bits per heavy atom. The normalized spacial score (nSPS) is 16.0. The van der Waals surface area contributed by atoms with Gasteiger partial charge >= 0.3 is 5.69 Å². The van der Waals surface area contributed by atoms with Gasteiger partial charge in [-0.25, -0.2) is 4.98 Å². The van der Waals surface area contributed by atoms with Crippen molar-refractivity contribution in [3.8, 4) is 6.07 Å². The maximum absolute atomic E-state index is 11.1. The quantitative estimate of drug-likeness (QED) is 0.605. The van der Waals surface area contributed by atoms with Crippen molar-refractivity contribution in [1.29, 1.82) is 5.26 Å². The van der Waals surface area contributed by atoms with E-state index in [1.54, 1.807) is 6.07 Å². The minimum atomic E-state index is -0.590. The van der Waals surface area contributed by atoms with Crippen molar-refractivity contribution in [2.75, 3.05) is 18.5 Å². The molecule has 0 atom stereocenters. The first-order valence-electron chi connectivity index (χ1n) is 6.50. The zero-order chi connectivity index (χ0) is 14.6. The molecule has 0 bridgehead atoms. The monoisotopic (exact) mass is 276 g/mol. The van der Waals surface area contributed by atoms with E-state index in [1.165, 1.54) is 12.3 Å². The number of aliphatic hydroxyl groups excluding tert-OH is 1. The summed E-state index contributed by atoms with van der Waals surface area (Å²) in [7, 11) is 0. The second-order valence-corrected chi connectivity index (χ2v) is 5.11. The van der Waals surface area contributed by atoms with Crippen molar-refractivity contribution >= 4 is 11.5 Å². The van der Waals surface area contributed by atoms with Gasteiger partial charge < -0.3 is 10.4 Å². The molecule has 0 unspecified atom stereocenters. The number of hydrogen-bond donors (Lipinski definition) is 2. The summed E-state index contributed by atoms with van der Waals surface area (Å²) in [5.74, 6) is 0.123. The molecule has 20 heavy (non-hydrogen) atoms. The molecule has 1 saturated carbocycles. The van der Waals surface area contributed by atoms with Crippen LogP contribution in [0.5, 0.6) is 0 Å². The lowest BCUT2D eigenvalue weighted by atomic mass is 9.67. The van der Waals surface area contributed by atoms with Crippen molar-refractivity contribution in [2.45, 2.75) is 25.7 Å². The van der Waals surface area contributed by atoms with Crippen LogP contribution in [0.15, 0.2) is 12.3 Å². The molecule has 7 nitrogen and oxygen atoms in total. The molecule has 0 spiro atoms. The average molecular weight is 276 g/mol. The lowest BCUT2D eigenvalue weighted by molar-refractivity contribution is -0.384. The molecule has 1 aliphatic carbocycles. The minimum absolute atomic E-state index is 0.00248. The van der Waals surface area contributed by atoms with Crippen molar-refractivity contribution < 1.29 is 10.0 Å². The van der Waals surface area contributed by atoms with E-state index in [0.717, 1.165) is 19.3 Å². The molecule has 2 rings (SSSR count). The third-order valence-electron chi connectivity index (χ3n) is 3.91. The van der Waals surface area contributed by atoms with E-state index in [2.05, 4.69) is 10.3 Å². The Morgan fingerprint density at radius 1 is 1.60 bits per heavy atom. The van der Waals surface area contributed by atoms with Crippen LogP contribution in [0, 0.1) is 26.9 Å². The summed E-state index contributed by atoms with van der Waals surface area (Å²) in [4.78, 5) is 14.4. The number of rotatable bonds is 6. The molecular formula is C13H16N4O3.